The first kappa shape index (κ1) is 14.7. The van der Waals surface area contributed by atoms with Gasteiger partial charge in [-0.05, 0) is 36.6 Å². The van der Waals surface area contributed by atoms with E-state index in [1.165, 1.54) is 12.7 Å². The van der Waals surface area contributed by atoms with Crippen LogP contribution in [-0.4, -0.2) is 44.8 Å². The molecule has 1 aliphatic rings. The number of carbonyl (C=O) groups excluding carboxylic acids is 1. The van der Waals surface area contributed by atoms with Gasteiger partial charge < -0.3 is 19.1 Å². The van der Waals surface area contributed by atoms with E-state index < -0.39 is 0 Å². The minimum Gasteiger partial charge on any atom is -0.493 e. The molecule has 1 aromatic carbocycles. The van der Waals surface area contributed by atoms with Gasteiger partial charge in [0, 0.05) is 20.2 Å². The van der Waals surface area contributed by atoms with Crippen LogP contribution in [0.4, 0.5) is 0 Å². The summed E-state index contributed by atoms with van der Waals surface area (Å²) in [7, 11) is 3.18. The predicted molar refractivity (Wildman–Crippen MR) is 75.2 cm³/mol. The first-order valence-corrected chi connectivity index (χ1v) is 6.78. The van der Waals surface area contributed by atoms with Gasteiger partial charge in [-0.15, -0.1) is 0 Å². The van der Waals surface area contributed by atoms with E-state index >= 15 is 0 Å². The molecule has 0 fully saturated rings. The van der Waals surface area contributed by atoms with Crippen molar-refractivity contribution in [3.05, 3.63) is 23.3 Å². The van der Waals surface area contributed by atoms with Crippen molar-refractivity contribution in [2.75, 3.05) is 34.0 Å². The second kappa shape index (κ2) is 6.61. The summed E-state index contributed by atoms with van der Waals surface area (Å²) in [6.07, 6.45) is 0.827. The molecule has 0 N–H and O–H groups in total. The lowest BCUT2D eigenvalue weighted by molar-refractivity contribution is -0.136. The minimum atomic E-state index is 0.0203. The van der Waals surface area contributed by atoms with E-state index in [2.05, 4.69) is 0 Å². The zero-order valence-corrected chi connectivity index (χ0v) is 12.3. The van der Waals surface area contributed by atoms with Crippen LogP contribution in [0.25, 0.3) is 0 Å². The Labute approximate surface area is 119 Å². The number of nitrogens with zero attached hydrogens (tertiary/aromatic N) is 1. The Morgan fingerprint density at radius 3 is 2.65 bits per heavy atom. The van der Waals surface area contributed by atoms with E-state index in [4.69, 9.17) is 14.2 Å². The van der Waals surface area contributed by atoms with Gasteiger partial charge in [-0.2, -0.15) is 0 Å². The first-order chi connectivity index (χ1) is 9.69. The Hall–Kier alpha value is -1.75. The van der Waals surface area contributed by atoms with Gasteiger partial charge in [-0.1, -0.05) is 0 Å². The van der Waals surface area contributed by atoms with E-state index in [0.29, 0.717) is 19.7 Å². The summed E-state index contributed by atoms with van der Waals surface area (Å²) < 4.78 is 15.8. The molecule has 2 rings (SSSR count). The lowest BCUT2D eigenvalue weighted by Crippen LogP contribution is -2.38. The quantitative estimate of drug-likeness (QED) is 0.822. The van der Waals surface area contributed by atoms with Crippen molar-refractivity contribution in [1.29, 1.82) is 0 Å². The van der Waals surface area contributed by atoms with Crippen molar-refractivity contribution in [3.8, 4) is 11.5 Å². The number of hydrogen-bond donors (Lipinski definition) is 0. The van der Waals surface area contributed by atoms with Gasteiger partial charge in [0.25, 0.3) is 0 Å². The normalized spacial score (nSPS) is 13.8. The van der Waals surface area contributed by atoms with Gasteiger partial charge in [0.05, 0.1) is 13.7 Å². The third kappa shape index (κ3) is 3.04. The Morgan fingerprint density at radius 2 is 2.00 bits per heavy atom. The number of ether oxygens (including phenoxy) is 3. The average molecular weight is 279 g/mol. The molecule has 5 nitrogen and oxygen atoms in total. The number of hydrogen-bond acceptors (Lipinski definition) is 4. The zero-order chi connectivity index (χ0) is 14.5. The summed E-state index contributed by atoms with van der Waals surface area (Å²) in [6, 6.07) is 3.99. The molecule has 0 unspecified atom stereocenters. The summed E-state index contributed by atoms with van der Waals surface area (Å²) in [6.45, 7) is 3.96. The molecule has 0 aromatic heterocycles. The number of fused-ring (bicyclic) bond motifs is 1. The van der Waals surface area contributed by atoms with Crippen LogP contribution in [0, 0.1) is 0 Å². The van der Waals surface area contributed by atoms with Gasteiger partial charge in [0.2, 0.25) is 5.91 Å². The van der Waals surface area contributed by atoms with E-state index in [1.807, 2.05) is 24.0 Å². The fourth-order valence-electron chi connectivity index (χ4n) is 2.42. The monoisotopic (exact) mass is 279 g/mol. The fraction of sp³-hybridized carbons (Fsp3) is 0.533. The lowest BCUT2D eigenvalue weighted by Gasteiger charge is -2.29. The number of amides is 1. The Balaban J connectivity index is 2.22. The van der Waals surface area contributed by atoms with Gasteiger partial charge in [-0.3, -0.25) is 4.79 Å². The molecular weight excluding hydrogens is 258 g/mol. The second-order valence-electron chi connectivity index (χ2n) is 4.70. The molecule has 110 valence electrons. The van der Waals surface area contributed by atoms with Crippen molar-refractivity contribution in [2.24, 2.45) is 0 Å². The maximum Gasteiger partial charge on any atom is 0.248 e. The highest BCUT2D eigenvalue weighted by molar-refractivity contribution is 5.77. The molecule has 0 bridgehead atoms. The number of carbonyl (C=O) groups is 1. The first-order valence-electron chi connectivity index (χ1n) is 6.78. The molecule has 1 aliphatic heterocycles. The second-order valence-corrected chi connectivity index (χ2v) is 4.70. The zero-order valence-electron chi connectivity index (χ0n) is 12.3. The van der Waals surface area contributed by atoms with Gasteiger partial charge >= 0.3 is 0 Å². The molecule has 0 aliphatic carbocycles. The molecule has 1 heterocycles. The van der Waals surface area contributed by atoms with E-state index in [9.17, 15) is 4.79 Å². The summed E-state index contributed by atoms with van der Waals surface area (Å²) >= 11 is 0. The molecule has 0 atom stereocenters. The minimum absolute atomic E-state index is 0.0203. The van der Waals surface area contributed by atoms with Crippen molar-refractivity contribution in [3.63, 3.8) is 0 Å². The molecule has 0 saturated heterocycles. The van der Waals surface area contributed by atoms with Gasteiger partial charge in [0.1, 0.15) is 6.61 Å². The third-order valence-corrected chi connectivity index (χ3v) is 3.42. The molecule has 5 heteroatoms. The van der Waals surface area contributed by atoms with Crippen molar-refractivity contribution < 1.29 is 19.0 Å². The Morgan fingerprint density at radius 1 is 1.25 bits per heavy atom. The van der Waals surface area contributed by atoms with Gasteiger partial charge in [0.15, 0.2) is 11.5 Å². The van der Waals surface area contributed by atoms with Crippen LogP contribution in [-0.2, 0) is 22.5 Å². The topological polar surface area (TPSA) is 48.0 Å². The highest BCUT2D eigenvalue weighted by atomic mass is 16.5. The van der Waals surface area contributed by atoms with Crippen LogP contribution in [0.1, 0.15) is 18.1 Å². The lowest BCUT2D eigenvalue weighted by atomic mass is 9.99. The fourth-order valence-corrected chi connectivity index (χ4v) is 2.42. The van der Waals surface area contributed by atoms with Crippen LogP contribution in [0.15, 0.2) is 12.1 Å². The van der Waals surface area contributed by atoms with E-state index in [0.717, 1.165) is 23.5 Å². The molecule has 1 aromatic rings. The molecule has 0 spiro atoms. The van der Waals surface area contributed by atoms with Crippen molar-refractivity contribution >= 4 is 5.91 Å². The molecule has 0 saturated carbocycles. The maximum absolute atomic E-state index is 11.9. The highest BCUT2D eigenvalue weighted by Crippen LogP contribution is 2.33. The maximum atomic E-state index is 11.9. The van der Waals surface area contributed by atoms with Crippen LogP contribution < -0.4 is 9.47 Å². The van der Waals surface area contributed by atoms with E-state index in [-0.39, 0.29) is 12.5 Å². The van der Waals surface area contributed by atoms with E-state index in [1.54, 1.807) is 7.11 Å². The summed E-state index contributed by atoms with van der Waals surface area (Å²) in [5.74, 6) is 1.50. The number of methoxy groups -OCH3 is 2. The van der Waals surface area contributed by atoms with Crippen molar-refractivity contribution in [1.82, 2.24) is 4.90 Å². The SMILES string of the molecule is CCOc1cc2c(cc1OC)CCN(C(=O)COC)C2. The van der Waals surface area contributed by atoms with Crippen LogP contribution >= 0.6 is 0 Å². The molecule has 1 amide bonds. The third-order valence-electron chi connectivity index (χ3n) is 3.42. The summed E-state index contributed by atoms with van der Waals surface area (Å²) in [5.41, 5.74) is 2.33. The Kier molecular flexibility index (Phi) is 4.84. The summed E-state index contributed by atoms with van der Waals surface area (Å²) in [4.78, 5) is 13.7. The molecule has 20 heavy (non-hydrogen) atoms. The molecular formula is C15H21NO4. The van der Waals surface area contributed by atoms with Crippen LogP contribution in [0.3, 0.4) is 0 Å². The molecule has 0 radical (unpaired) electrons. The van der Waals surface area contributed by atoms with Crippen molar-refractivity contribution in [2.45, 2.75) is 19.9 Å². The largest absolute Gasteiger partial charge is 0.493 e. The smallest absolute Gasteiger partial charge is 0.248 e. The predicted octanol–water partition coefficient (Wildman–Crippen LogP) is 1.62. The highest BCUT2D eigenvalue weighted by Gasteiger charge is 2.22. The number of rotatable bonds is 5. The van der Waals surface area contributed by atoms with Crippen LogP contribution in [0.2, 0.25) is 0 Å². The van der Waals surface area contributed by atoms with Gasteiger partial charge in [-0.25, -0.2) is 0 Å². The Bertz CT molecular complexity index is 487. The summed E-state index contributed by atoms with van der Waals surface area (Å²) in [5, 5.41) is 0. The standard InChI is InChI=1S/C15H21NO4/c1-4-20-14-8-12-9-16(15(17)10-18-2)6-5-11(12)7-13(14)19-3/h7-8H,4-6,9-10H2,1-3H3. The average Bonchev–Trinajstić information content (AvgIpc) is 2.46. The van der Waals surface area contributed by atoms with Crippen LogP contribution in [0.5, 0.6) is 11.5 Å². The number of benzene rings is 1.